The number of halogens is 6. The van der Waals surface area contributed by atoms with E-state index in [4.69, 9.17) is 0 Å². The maximum atomic E-state index is 12.6. The van der Waals surface area contributed by atoms with Gasteiger partial charge in [-0.2, -0.15) is 26.3 Å². The fourth-order valence-corrected chi connectivity index (χ4v) is 3.28. The summed E-state index contributed by atoms with van der Waals surface area (Å²) in [4.78, 5) is 0. The minimum absolute atomic E-state index is 0.584. The van der Waals surface area contributed by atoms with Crippen LogP contribution >= 0.6 is 0 Å². The van der Waals surface area contributed by atoms with Crippen molar-refractivity contribution in [2.45, 2.75) is 38.5 Å². The summed E-state index contributed by atoms with van der Waals surface area (Å²) >= 11 is 0. The minimum Gasteiger partial charge on any atom is -0.339 e. The van der Waals surface area contributed by atoms with Crippen LogP contribution in [0, 0.1) is 0 Å². The van der Waals surface area contributed by atoms with Crippen molar-refractivity contribution in [1.29, 1.82) is 0 Å². The number of benzene rings is 3. The van der Waals surface area contributed by atoms with Crippen LogP contribution in [0.15, 0.2) is 72.8 Å². The van der Waals surface area contributed by atoms with Gasteiger partial charge in [0, 0.05) is 22.3 Å². The van der Waals surface area contributed by atoms with Gasteiger partial charge in [0.25, 0.3) is 0 Å². The van der Waals surface area contributed by atoms with Crippen LogP contribution in [-0.4, -0.2) is 0 Å². The SMILES string of the molecule is FC(F)(F)c1ccc(C[NH2+]Cc2ccc(C[NH2+]Cc3ccc(C(F)(F)F)cc3)cc2)cc1. The molecular weight excluding hydrogens is 430 g/mol. The lowest BCUT2D eigenvalue weighted by molar-refractivity contribution is -0.686. The molecule has 0 bridgehead atoms. The van der Waals surface area contributed by atoms with E-state index in [1.54, 1.807) is 0 Å². The second-order valence-corrected chi connectivity index (χ2v) is 7.60. The Morgan fingerprint density at radius 2 is 0.625 bits per heavy atom. The summed E-state index contributed by atoms with van der Waals surface area (Å²) in [6.07, 6.45) is -8.64. The van der Waals surface area contributed by atoms with Crippen LogP contribution in [0.3, 0.4) is 0 Å². The Morgan fingerprint density at radius 3 is 0.844 bits per heavy atom. The Labute approximate surface area is 182 Å². The Morgan fingerprint density at radius 1 is 0.406 bits per heavy atom. The third-order valence-corrected chi connectivity index (χ3v) is 5.11. The van der Waals surface area contributed by atoms with Gasteiger partial charge in [-0.05, 0) is 24.3 Å². The molecule has 3 aromatic carbocycles. The highest BCUT2D eigenvalue weighted by molar-refractivity contribution is 5.25. The average Bonchev–Trinajstić information content (AvgIpc) is 2.74. The third-order valence-electron chi connectivity index (χ3n) is 5.11. The van der Waals surface area contributed by atoms with Crippen LogP contribution in [0.4, 0.5) is 26.3 Å². The molecule has 0 aromatic heterocycles. The van der Waals surface area contributed by atoms with Gasteiger partial charge < -0.3 is 10.6 Å². The first kappa shape index (κ1) is 23.8. The van der Waals surface area contributed by atoms with Gasteiger partial charge in [-0.25, -0.2) is 0 Å². The van der Waals surface area contributed by atoms with Crippen LogP contribution in [0.1, 0.15) is 33.4 Å². The molecule has 3 aromatic rings. The summed E-state index contributed by atoms with van der Waals surface area (Å²) in [5.41, 5.74) is 2.56. The molecule has 0 saturated heterocycles. The number of hydrogen-bond acceptors (Lipinski definition) is 0. The average molecular weight is 454 g/mol. The van der Waals surface area contributed by atoms with Crippen LogP contribution in [0.25, 0.3) is 0 Å². The maximum Gasteiger partial charge on any atom is 0.416 e. The van der Waals surface area contributed by atoms with Crippen molar-refractivity contribution < 1.29 is 37.0 Å². The fraction of sp³-hybridized carbons (Fsp3) is 0.250. The van der Waals surface area contributed by atoms with Crippen molar-refractivity contribution in [2.75, 3.05) is 0 Å². The lowest BCUT2D eigenvalue weighted by Gasteiger charge is -2.08. The molecule has 0 saturated carbocycles. The second kappa shape index (κ2) is 10.2. The second-order valence-electron chi connectivity index (χ2n) is 7.60. The summed E-state index contributed by atoms with van der Waals surface area (Å²) < 4.78 is 75.6. The monoisotopic (exact) mass is 454 g/mol. The first-order valence-corrected chi connectivity index (χ1v) is 10.1. The Kier molecular flexibility index (Phi) is 7.58. The van der Waals surface area contributed by atoms with Crippen molar-refractivity contribution in [2.24, 2.45) is 0 Å². The van der Waals surface area contributed by atoms with Gasteiger partial charge in [0.2, 0.25) is 0 Å². The normalized spacial score (nSPS) is 12.2. The molecular formula is C24H24F6N2+2. The van der Waals surface area contributed by atoms with E-state index in [1.807, 2.05) is 34.9 Å². The standard InChI is InChI=1S/C24H22F6N2/c25-23(26,27)21-9-5-19(6-10-21)15-31-13-17-1-2-18(4-3-17)14-32-16-20-7-11-22(12-8-20)24(28,29)30/h1-12,31-32H,13-16H2/p+2. The maximum absolute atomic E-state index is 12.6. The van der Waals surface area contributed by atoms with E-state index in [-0.39, 0.29) is 0 Å². The molecule has 0 unspecified atom stereocenters. The summed E-state index contributed by atoms with van der Waals surface area (Å²) in [5.74, 6) is 0. The van der Waals surface area contributed by atoms with Gasteiger partial charge in [0.1, 0.15) is 26.2 Å². The summed E-state index contributed by atoms with van der Waals surface area (Å²) in [5, 5.41) is 4.04. The molecule has 0 fully saturated rings. The van der Waals surface area contributed by atoms with E-state index in [0.717, 1.165) is 46.5 Å². The lowest BCUT2D eigenvalue weighted by atomic mass is 10.1. The highest BCUT2D eigenvalue weighted by atomic mass is 19.4. The van der Waals surface area contributed by atoms with Gasteiger partial charge in [-0.3, -0.25) is 0 Å². The van der Waals surface area contributed by atoms with E-state index in [9.17, 15) is 26.3 Å². The number of rotatable bonds is 8. The smallest absolute Gasteiger partial charge is 0.339 e. The highest BCUT2D eigenvalue weighted by Crippen LogP contribution is 2.29. The molecule has 4 N–H and O–H groups in total. The van der Waals surface area contributed by atoms with Gasteiger partial charge in [-0.1, -0.05) is 48.5 Å². The predicted octanol–water partition coefficient (Wildman–Crippen LogP) is 4.25. The van der Waals surface area contributed by atoms with Crippen molar-refractivity contribution in [1.82, 2.24) is 0 Å². The highest BCUT2D eigenvalue weighted by Gasteiger charge is 2.30. The number of nitrogens with two attached hydrogens (primary N) is 2. The van der Waals surface area contributed by atoms with Crippen LogP contribution in [-0.2, 0) is 38.5 Å². The van der Waals surface area contributed by atoms with Crippen LogP contribution in [0.2, 0.25) is 0 Å². The molecule has 0 radical (unpaired) electrons. The third kappa shape index (κ3) is 7.10. The zero-order chi connectivity index (χ0) is 23.2. The zero-order valence-corrected chi connectivity index (χ0v) is 17.2. The molecule has 0 aliphatic rings. The van der Waals surface area contributed by atoms with Crippen LogP contribution < -0.4 is 10.6 Å². The van der Waals surface area contributed by atoms with E-state index >= 15 is 0 Å². The topological polar surface area (TPSA) is 33.2 Å². The van der Waals surface area contributed by atoms with Gasteiger partial charge in [0.05, 0.1) is 11.1 Å². The first-order valence-electron chi connectivity index (χ1n) is 10.1. The van der Waals surface area contributed by atoms with Crippen LogP contribution in [0.5, 0.6) is 0 Å². The van der Waals surface area contributed by atoms with Crippen molar-refractivity contribution >= 4 is 0 Å². The van der Waals surface area contributed by atoms with E-state index in [1.165, 1.54) is 24.3 Å². The number of quaternary nitrogens is 2. The van der Waals surface area contributed by atoms with Crippen molar-refractivity contribution in [3.8, 4) is 0 Å². The summed E-state index contributed by atoms with van der Waals surface area (Å²) in [6, 6.07) is 18.4. The molecule has 0 atom stereocenters. The minimum atomic E-state index is -4.32. The summed E-state index contributed by atoms with van der Waals surface area (Å²) in [7, 11) is 0. The first-order chi connectivity index (χ1) is 15.1. The predicted molar refractivity (Wildman–Crippen MR) is 108 cm³/mol. The van der Waals surface area contributed by atoms with Gasteiger partial charge >= 0.3 is 12.4 Å². The van der Waals surface area contributed by atoms with Crippen molar-refractivity contribution in [3.05, 3.63) is 106 Å². The van der Waals surface area contributed by atoms with E-state index in [0.29, 0.717) is 26.2 Å². The molecule has 0 amide bonds. The van der Waals surface area contributed by atoms with E-state index < -0.39 is 23.5 Å². The molecule has 0 aliphatic heterocycles. The fourth-order valence-electron chi connectivity index (χ4n) is 3.28. The largest absolute Gasteiger partial charge is 0.416 e. The molecule has 32 heavy (non-hydrogen) atoms. The molecule has 170 valence electrons. The van der Waals surface area contributed by atoms with E-state index in [2.05, 4.69) is 0 Å². The molecule has 2 nitrogen and oxygen atoms in total. The Hall–Kier alpha value is -2.84. The molecule has 0 aliphatic carbocycles. The Balaban J connectivity index is 1.40. The zero-order valence-electron chi connectivity index (χ0n) is 17.2. The number of hydrogen-bond donors (Lipinski definition) is 2. The molecule has 3 rings (SSSR count). The number of alkyl halides is 6. The molecule has 0 spiro atoms. The quantitative estimate of drug-likeness (QED) is 0.478. The summed E-state index contributed by atoms with van der Waals surface area (Å²) in [6.45, 7) is 2.58. The Bertz CT molecular complexity index is 893. The lowest BCUT2D eigenvalue weighted by Crippen LogP contribution is -2.81. The van der Waals surface area contributed by atoms with Gasteiger partial charge in [0.15, 0.2) is 0 Å². The molecule has 8 heteroatoms. The molecule has 0 heterocycles. The van der Waals surface area contributed by atoms with Crippen molar-refractivity contribution in [3.63, 3.8) is 0 Å². The van der Waals surface area contributed by atoms with Gasteiger partial charge in [-0.15, -0.1) is 0 Å².